The van der Waals surface area contributed by atoms with Crippen LogP contribution in [0.2, 0.25) is 0 Å². The van der Waals surface area contributed by atoms with Crippen LogP contribution in [0.3, 0.4) is 0 Å². The van der Waals surface area contributed by atoms with Crippen LogP contribution in [0.25, 0.3) is 0 Å². The highest BCUT2D eigenvalue weighted by Gasteiger charge is 2.55. The SMILES string of the molecule is CCC(C(=O)O)N1C(=O)C(CO)(c2cc3c(cc2O)CCC3)c2ccccc21. The molecular weight excluding hydrogens is 358 g/mol. The largest absolute Gasteiger partial charge is 0.508 e. The van der Waals surface area contributed by atoms with Crippen LogP contribution in [0.1, 0.15) is 42.0 Å². The van der Waals surface area contributed by atoms with Crippen LogP contribution < -0.4 is 4.90 Å². The molecule has 2 aromatic rings. The number of amides is 1. The first kappa shape index (κ1) is 18.5. The predicted octanol–water partition coefficient (Wildman–Crippen LogP) is 2.37. The second-order valence-corrected chi connectivity index (χ2v) is 7.51. The summed E-state index contributed by atoms with van der Waals surface area (Å²) in [7, 11) is 0. The topological polar surface area (TPSA) is 98.1 Å². The molecule has 0 radical (unpaired) electrons. The highest BCUT2D eigenvalue weighted by atomic mass is 16.4. The number of fused-ring (bicyclic) bond motifs is 2. The summed E-state index contributed by atoms with van der Waals surface area (Å²) in [6, 6.07) is 9.37. The Bertz CT molecular complexity index is 969. The number of aromatic hydroxyl groups is 1. The number of aliphatic hydroxyl groups is 1. The highest BCUT2D eigenvalue weighted by molar-refractivity contribution is 6.13. The van der Waals surface area contributed by atoms with Crippen LogP contribution in [0, 0.1) is 0 Å². The second kappa shape index (κ2) is 6.63. The van der Waals surface area contributed by atoms with Crippen LogP contribution in [-0.4, -0.2) is 39.8 Å². The number of aliphatic hydroxyl groups excluding tert-OH is 1. The Morgan fingerprint density at radius 3 is 2.50 bits per heavy atom. The maximum absolute atomic E-state index is 13.7. The van der Waals surface area contributed by atoms with Crippen molar-refractivity contribution in [2.75, 3.05) is 11.5 Å². The van der Waals surface area contributed by atoms with Gasteiger partial charge in [0.05, 0.1) is 6.61 Å². The van der Waals surface area contributed by atoms with E-state index < -0.39 is 29.9 Å². The number of para-hydroxylation sites is 1. The summed E-state index contributed by atoms with van der Waals surface area (Å²) in [6.07, 6.45) is 2.95. The highest BCUT2D eigenvalue weighted by Crippen LogP contribution is 2.50. The number of carboxylic acids is 1. The molecule has 2 unspecified atom stereocenters. The fourth-order valence-corrected chi connectivity index (χ4v) is 4.70. The second-order valence-electron chi connectivity index (χ2n) is 7.51. The van der Waals surface area contributed by atoms with Crippen LogP contribution in [-0.2, 0) is 27.8 Å². The average Bonchev–Trinajstić information content (AvgIpc) is 3.23. The van der Waals surface area contributed by atoms with E-state index in [9.17, 15) is 24.9 Å². The van der Waals surface area contributed by atoms with Gasteiger partial charge in [0, 0.05) is 11.3 Å². The Balaban J connectivity index is 1.97. The summed E-state index contributed by atoms with van der Waals surface area (Å²) < 4.78 is 0. The molecule has 0 spiro atoms. The number of rotatable bonds is 5. The number of benzene rings is 2. The molecule has 3 N–H and O–H groups in total. The molecule has 1 heterocycles. The first-order valence-corrected chi connectivity index (χ1v) is 9.57. The number of nitrogens with zero attached hydrogens (tertiary/aromatic N) is 1. The molecule has 0 saturated heterocycles. The molecule has 1 aliphatic carbocycles. The summed E-state index contributed by atoms with van der Waals surface area (Å²) in [5.74, 6) is -1.65. The molecule has 4 rings (SSSR count). The van der Waals surface area contributed by atoms with Crippen molar-refractivity contribution in [2.45, 2.75) is 44.1 Å². The summed E-state index contributed by atoms with van der Waals surface area (Å²) in [4.78, 5) is 26.8. The van der Waals surface area contributed by atoms with Crippen molar-refractivity contribution >= 4 is 17.6 Å². The molecule has 2 atom stereocenters. The lowest BCUT2D eigenvalue weighted by molar-refractivity contribution is -0.140. The maximum Gasteiger partial charge on any atom is 0.326 e. The van der Waals surface area contributed by atoms with Gasteiger partial charge in [-0.2, -0.15) is 0 Å². The number of aliphatic carboxylic acids is 1. The van der Waals surface area contributed by atoms with E-state index in [0.29, 0.717) is 16.8 Å². The molecule has 6 nitrogen and oxygen atoms in total. The minimum Gasteiger partial charge on any atom is -0.508 e. The van der Waals surface area contributed by atoms with E-state index in [1.165, 1.54) is 4.90 Å². The first-order valence-electron chi connectivity index (χ1n) is 9.57. The molecule has 1 aliphatic heterocycles. The Kier molecular flexibility index (Phi) is 4.38. The van der Waals surface area contributed by atoms with Crippen LogP contribution in [0.15, 0.2) is 36.4 Å². The minimum atomic E-state index is -1.51. The third-order valence-corrected chi connectivity index (χ3v) is 6.10. The average molecular weight is 381 g/mol. The lowest BCUT2D eigenvalue weighted by atomic mass is 9.74. The van der Waals surface area contributed by atoms with E-state index in [0.717, 1.165) is 30.4 Å². The molecule has 0 saturated carbocycles. The molecule has 28 heavy (non-hydrogen) atoms. The Labute approximate surface area is 163 Å². The minimum absolute atomic E-state index is 0.0388. The van der Waals surface area contributed by atoms with Gasteiger partial charge >= 0.3 is 5.97 Å². The molecule has 0 aromatic heterocycles. The standard InChI is InChI=1S/C22H23NO5/c1-2-17(20(26)27)23-18-9-4-3-8-15(18)22(12-24,21(23)28)16-10-13-6-5-7-14(13)11-19(16)25/h3-4,8-11,17,24-25H,2,5-7,12H2,1H3,(H,26,27). The van der Waals surface area contributed by atoms with Crippen molar-refractivity contribution in [3.8, 4) is 5.75 Å². The number of hydrogen-bond acceptors (Lipinski definition) is 4. The quantitative estimate of drug-likeness (QED) is 0.739. The fraction of sp³-hybridized carbons (Fsp3) is 0.364. The van der Waals surface area contributed by atoms with E-state index in [1.54, 1.807) is 37.3 Å². The van der Waals surface area contributed by atoms with Crippen molar-refractivity contribution in [3.63, 3.8) is 0 Å². The number of carbonyl (C=O) groups excluding carboxylic acids is 1. The van der Waals surface area contributed by atoms with Crippen molar-refractivity contribution < 1.29 is 24.9 Å². The molecule has 2 aliphatic rings. The Morgan fingerprint density at radius 2 is 1.86 bits per heavy atom. The van der Waals surface area contributed by atoms with Gasteiger partial charge in [0.15, 0.2) is 0 Å². The molecule has 0 fully saturated rings. The molecule has 1 amide bonds. The zero-order valence-electron chi connectivity index (χ0n) is 15.7. The number of phenols is 1. The van der Waals surface area contributed by atoms with Crippen LogP contribution in [0.5, 0.6) is 5.75 Å². The van der Waals surface area contributed by atoms with Crippen molar-refractivity contribution in [1.29, 1.82) is 0 Å². The molecule has 0 bridgehead atoms. The van der Waals surface area contributed by atoms with Gasteiger partial charge in [-0.05, 0) is 54.5 Å². The lowest BCUT2D eigenvalue weighted by Crippen LogP contribution is -2.50. The van der Waals surface area contributed by atoms with E-state index in [1.807, 2.05) is 6.07 Å². The van der Waals surface area contributed by atoms with Gasteiger partial charge in [0.1, 0.15) is 17.2 Å². The zero-order chi connectivity index (χ0) is 20.1. The van der Waals surface area contributed by atoms with Crippen LogP contribution >= 0.6 is 0 Å². The summed E-state index contributed by atoms with van der Waals surface area (Å²) in [6.45, 7) is 1.16. The molecule has 6 heteroatoms. The maximum atomic E-state index is 13.7. The molecule has 2 aromatic carbocycles. The monoisotopic (exact) mass is 381 g/mol. The van der Waals surface area contributed by atoms with E-state index in [-0.39, 0.29) is 12.2 Å². The van der Waals surface area contributed by atoms with Crippen molar-refractivity contribution in [3.05, 3.63) is 58.7 Å². The van der Waals surface area contributed by atoms with Crippen LogP contribution in [0.4, 0.5) is 5.69 Å². The fourth-order valence-electron chi connectivity index (χ4n) is 4.70. The third kappa shape index (κ3) is 2.37. The van der Waals surface area contributed by atoms with Gasteiger partial charge in [-0.1, -0.05) is 31.2 Å². The van der Waals surface area contributed by atoms with Crippen molar-refractivity contribution in [2.24, 2.45) is 0 Å². The third-order valence-electron chi connectivity index (χ3n) is 6.10. The number of carboxylic acid groups (broad SMARTS) is 1. The van der Waals surface area contributed by atoms with E-state index in [4.69, 9.17) is 0 Å². The number of anilines is 1. The predicted molar refractivity (Wildman–Crippen MR) is 104 cm³/mol. The summed E-state index contributed by atoms with van der Waals surface area (Å²) >= 11 is 0. The number of hydrogen-bond donors (Lipinski definition) is 3. The molecular formula is C22H23NO5. The number of carbonyl (C=O) groups is 2. The normalized spacial score (nSPS) is 21.5. The van der Waals surface area contributed by atoms with Gasteiger partial charge in [-0.15, -0.1) is 0 Å². The van der Waals surface area contributed by atoms with Gasteiger partial charge in [-0.3, -0.25) is 9.69 Å². The van der Waals surface area contributed by atoms with Gasteiger partial charge < -0.3 is 15.3 Å². The first-order chi connectivity index (χ1) is 13.5. The van der Waals surface area contributed by atoms with Gasteiger partial charge in [0.2, 0.25) is 5.91 Å². The number of phenolic OH excluding ortho intramolecular Hbond substituents is 1. The van der Waals surface area contributed by atoms with E-state index >= 15 is 0 Å². The van der Waals surface area contributed by atoms with E-state index in [2.05, 4.69) is 0 Å². The zero-order valence-corrected chi connectivity index (χ0v) is 15.7. The summed E-state index contributed by atoms with van der Waals surface area (Å²) in [5, 5.41) is 30.9. The Hall–Kier alpha value is -2.86. The van der Waals surface area contributed by atoms with Gasteiger partial charge in [0.25, 0.3) is 0 Å². The lowest BCUT2D eigenvalue weighted by Gasteiger charge is -2.30. The van der Waals surface area contributed by atoms with Gasteiger partial charge in [-0.25, -0.2) is 4.79 Å². The Morgan fingerprint density at radius 1 is 1.18 bits per heavy atom. The number of aryl methyl sites for hydroxylation is 2. The smallest absolute Gasteiger partial charge is 0.326 e. The van der Waals surface area contributed by atoms with Crippen molar-refractivity contribution in [1.82, 2.24) is 0 Å². The molecule has 146 valence electrons. The summed E-state index contributed by atoms with van der Waals surface area (Å²) in [5.41, 5.74) is 1.94.